The Kier molecular flexibility index (Phi) is 3.47. The molecule has 0 aliphatic heterocycles. The Bertz CT molecular complexity index is 249. The molecule has 2 nitrogen and oxygen atoms in total. The molecular weight excluding hydrogens is 186 g/mol. The van der Waals surface area contributed by atoms with Crippen molar-refractivity contribution in [2.45, 2.75) is 39.2 Å². The summed E-state index contributed by atoms with van der Waals surface area (Å²) in [4.78, 5) is 2.22. The van der Waals surface area contributed by atoms with Gasteiger partial charge in [-0.3, -0.25) is 4.90 Å². The summed E-state index contributed by atoms with van der Waals surface area (Å²) in [5, 5.41) is 0. The molecule has 2 fully saturated rings. The zero-order valence-electron chi connectivity index (χ0n) is 10.2. The van der Waals surface area contributed by atoms with Crippen molar-refractivity contribution in [1.29, 1.82) is 0 Å². The van der Waals surface area contributed by atoms with E-state index in [9.17, 15) is 0 Å². The molecule has 3 unspecified atom stereocenters. The predicted octanol–water partition coefficient (Wildman–Crippen LogP) is 2.66. The lowest BCUT2D eigenvalue weighted by Crippen LogP contribution is -2.29. The van der Waals surface area contributed by atoms with Crippen LogP contribution in [0.2, 0.25) is 0 Å². The molecule has 86 valence electrons. The minimum Gasteiger partial charge on any atom is -0.363 e. The molecule has 0 N–H and O–H groups in total. The number of allylic oxidation sites excluding steroid dienone is 2. The van der Waals surface area contributed by atoms with E-state index in [0.29, 0.717) is 6.10 Å². The van der Waals surface area contributed by atoms with Crippen molar-refractivity contribution in [2.24, 2.45) is 11.8 Å². The van der Waals surface area contributed by atoms with Crippen molar-refractivity contribution in [3.05, 3.63) is 11.6 Å². The summed E-state index contributed by atoms with van der Waals surface area (Å²) in [7, 11) is 2.12. The summed E-state index contributed by atoms with van der Waals surface area (Å²) < 4.78 is 5.98. The molecule has 2 aliphatic carbocycles. The molecule has 2 saturated carbocycles. The average molecular weight is 209 g/mol. The van der Waals surface area contributed by atoms with Crippen molar-refractivity contribution < 1.29 is 4.74 Å². The third-order valence-corrected chi connectivity index (χ3v) is 4.07. The minimum atomic E-state index is 0.535. The first kappa shape index (κ1) is 11.2. The van der Waals surface area contributed by atoms with Crippen molar-refractivity contribution in [2.75, 3.05) is 20.3 Å². The lowest BCUT2D eigenvalue weighted by Gasteiger charge is -2.26. The highest BCUT2D eigenvalue weighted by Gasteiger charge is 2.42. The van der Waals surface area contributed by atoms with Crippen LogP contribution in [0.4, 0.5) is 0 Å². The smallest absolute Gasteiger partial charge is 0.0991 e. The Morgan fingerprint density at radius 1 is 1.47 bits per heavy atom. The molecule has 0 aromatic carbocycles. The fourth-order valence-corrected chi connectivity index (χ4v) is 2.95. The van der Waals surface area contributed by atoms with E-state index in [4.69, 9.17) is 4.74 Å². The minimum absolute atomic E-state index is 0.535. The first-order valence-electron chi connectivity index (χ1n) is 6.19. The lowest BCUT2D eigenvalue weighted by molar-refractivity contribution is -0.0320. The normalized spacial score (nSPS) is 37.1. The molecular formula is C13H23NO. The Morgan fingerprint density at radius 3 is 2.80 bits per heavy atom. The van der Waals surface area contributed by atoms with Crippen molar-refractivity contribution >= 4 is 0 Å². The molecule has 2 rings (SSSR count). The highest BCUT2D eigenvalue weighted by Crippen LogP contribution is 2.49. The van der Waals surface area contributed by atoms with E-state index in [2.05, 4.69) is 31.9 Å². The van der Waals surface area contributed by atoms with Gasteiger partial charge in [0.05, 0.1) is 12.8 Å². The fraction of sp³-hybridized carbons (Fsp3) is 0.846. The first-order valence-corrected chi connectivity index (χ1v) is 6.19. The van der Waals surface area contributed by atoms with Gasteiger partial charge in [0.15, 0.2) is 0 Å². The molecule has 0 saturated heterocycles. The van der Waals surface area contributed by atoms with Crippen LogP contribution in [0.25, 0.3) is 0 Å². The van der Waals surface area contributed by atoms with Crippen LogP contribution in [0.5, 0.6) is 0 Å². The summed E-state index contributed by atoms with van der Waals surface area (Å²) in [5.41, 5.74) is 1.68. The number of hydrogen-bond donors (Lipinski definition) is 0. The topological polar surface area (TPSA) is 12.5 Å². The number of hydrogen-bond acceptors (Lipinski definition) is 2. The zero-order chi connectivity index (χ0) is 10.8. The first-order chi connectivity index (χ1) is 7.24. The maximum absolute atomic E-state index is 5.98. The van der Waals surface area contributed by atoms with E-state index in [1.54, 1.807) is 5.57 Å². The summed E-state index contributed by atoms with van der Waals surface area (Å²) in [5.74, 6) is 1.66. The summed E-state index contributed by atoms with van der Waals surface area (Å²) in [6.07, 6.45) is 6.79. The Morgan fingerprint density at radius 2 is 2.27 bits per heavy atom. The van der Waals surface area contributed by atoms with Gasteiger partial charge in [-0.05, 0) is 51.6 Å². The van der Waals surface area contributed by atoms with Crippen LogP contribution in [-0.2, 0) is 4.74 Å². The van der Waals surface area contributed by atoms with Crippen LogP contribution in [0, 0.1) is 11.8 Å². The molecule has 0 radical (unpaired) electrons. The van der Waals surface area contributed by atoms with Crippen LogP contribution < -0.4 is 0 Å². The van der Waals surface area contributed by atoms with Gasteiger partial charge in [-0.15, -0.1) is 0 Å². The summed E-state index contributed by atoms with van der Waals surface area (Å²) >= 11 is 0. The predicted molar refractivity (Wildman–Crippen MR) is 62.6 cm³/mol. The molecule has 15 heavy (non-hydrogen) atoms. The molecule has 0 spiro atoms. The number of ether oxygens (including phenoxy) is 1. The van der Waals surface area contributed by atoms with Gasteiger partial charge in [0.1, 0.15) is 0 Å². The quantitative estimate of drug-likeness (QED) is 0.521. The van der Waals surface area contributed by atoms with Crippen molar-refractivity contribution in [1.82, 2.24) is 4.90 Å². The summed E-state index contributed by atoms with van der Waals surface area (Å²) in [6.45, 7) is 6.22. The highest BCUT2D eigenvalue weighted by atomic mass is 16.5. The fourth-order valence-electron chi connectivity index (χ4n) is 2.95. The Labute approximate surface area is 93.3 Å². The third-order valence-electron chi connectivity index (χ3n) is 4.07. The van der Waals surface area contributed by atoms with Gasteiger partial charge in [0.2, 0.25) is 0 Å². The van der Waals surface area contributed by atoms with Crippen LogP contribution in [0.3, 0.4) is 0 Å². The summed E-state index contributed by atoms with van der Waals surface area (Å²) in [6, 6.07) is 0. The SMILES string of the molecule is C/C=C1\CC2CC1CC2OCN(C)CC. The van der Waals surface area contributed by atoms with E-state index < -0.39 is 0 Å². The van der Waals surface area contributed by atoms with Gasteiger partial charge in [-0.1, -0.05) is 18.6 Å². The van der Waals surface area contributed by atoms with Crippen LogP contribution in [-0.4, -0.2) is 31.3 Å². The second kappa shape index (κ2) is 4.67. The second-order valence-electron chi connectivity index (χ2n) is 5.00. The highest BCUT2D eigenvalue weighted by molar-refractivity contribution is 5.18. The average Bonchev–Trinajstić information content (AvgIpc) is 2.84. The van der Waals surface area contributed by atoms with Gasteiger partial charge in [0.25, 0.3) is 0 Å². The lowest BCUT2D eigenvalue weighted by atomic mass is 9.92. The Balaban J connectivity index is 1.80. The van der Waals surface area contributed by atoms with E-state index in [1.165, 1.54) is 19.3 Å². The number of rotatable bonds is 4. The Hall–Kier alpha value is -0.340. The molecule has 0 heterocycles. The van der Waals surface area contributed by atoms with E-state index in [-0.39, 0.29) is 0 Å². The van der Waals surface area contributed by atoms with Crippen molar-refractivity contribution in [3.8, 4) is 0 Å². The monoisotopic (exact) mass is 209 g/mol. The zero-order valence-corrected chi connectivity index (χ0v) is 10.2. The van der Waals surface area contributed by atoms with E-state index in [0.717, 1.165) is 25.1 Å². The maximum atomic E-state index is 5.98. The molecule has 0 aromatic rings. The van der Waals surface area contributed by atoms with Gasteiger partial charge in [-0.2, -0.15) is 0 Å². The van der Waals surface area contributed by atoms with Gasteiger partial charge < -0.3 is 4.74 Å². The van der Waals surface area contributed by atoms with E-state index >= 15 is 0 Å². The number of nitrogens with zero attached hydrogens (tertiary/aromatic N) is 1. The maximum Gasteiger partial charge on any atom is 0.0991 e. The number of fused-ring (bicyclic) bond motifs is 2. The van der Waals surface area contributed by atoms with E-state index in [1.807, 2.05) is 0 Å². The molecule has 2 aliphatic rings. The third kappa shape index (κ3) is 2.26. The molecule has 0 amide bonds. The molecule has 0 aromatic heterocycles. The standard InChI is InChI=1S/C13H23NO/c1-4-10-6-12-7-11(10)8-13(12)15-9-14(3)5-2/h4,11-13H,5-9H2,1-3H3/b10-4+. The van der Waals surface area contributed by atoms with Gasteiger partial charge in [0, 0.05) is 0 Å². The van der Waals surface area contributed by atoms with Crippen LogP contribution >= 0.6 is 0 Å². The molecule has 2 heteroatoms. The van der Waals surface area contributed by atoms with Crippen LogP contribution in [0.15, 0.2) is 11.6 Å². The largest absolute Gasteiger partial charge is 0.363 e. The van der Waals surface area contributed by atoms with Crippen molar-refractivity contribution in [3.63, 3.8) is 0 Å². The van der Waals surface area contributed by atoms with Gasteiger partial charge in [-0.25, -0.2) is 0 Å². The molecule has 3 atom stereocenters. The van der Waals surface area contributed by atoms with Crippen LogP contribution in [0.1, 0.15) is 33.1 Å². The van der Waals surface area contributed by atoms with Gasteiger partial charge >= 0.3 is 0 Å². The molecule has 2 bridgehead atoms. The second-order valence-corrected chi connectivity index (χ2v) is 5.00.